The van der Waals surface area contributed by atoms with Crippen molar-refractivity contribution < 1.29 is 14.3 Å². The molecule has 0 aliphatic carbocycles. The highest BCUT2D eigenvalue weighted by Gasteiger charge is 2.18. The summed E-state index contributed by atoms with van der Waals surface area (Å²) in [6, 6.07) is 11.5. The average Bonchev–Trinajstić information content (AvgIpc) is 2.51. The first kappa shape index (κ1) is 18.5. The molecule has 0 fully saturated rings. The van der Waals surface area contributed by atoms with Crippen LogP contribution in [-0.2, 0) is 5.41 Å². The standard InChI is InChI=1S/C20H23BrO3/c1-14-5-7-16(20(2,3)4)19(11-14)24-10-9-23-18-8-6-15(13-22)12-17(18)21/h5-8,11-13H,9-10H2,1-4H3. The Bertz CT molecular complexity index is 717. The fraction of sp³-hybridized carbons (Fsp3) is 0.350. The first-order chi connectivity index (χ1) is 11.3. The summed E-state index contributed by atoms with van der Waals surface area (Å²) in [6.07, 6.45) is 0.809. The maximum absolute atomic E-state index is 10.7. The van der Waals surface area contributed by atoms with Gasteiger partial charge in [0.05, 0.1) is 4.47 Å². The first-order valence-corrected chi connectivity index (χ1v) is 8.72. The van der Waals surface area contributed by atoms with Crippen LogP contribution in [0.4, 0.5) is 0 Å². The van der Waals surface area contributed by atoms with Crippen LogP contribution in [0.2, 0.25) is 0 Å². The number of rotatable bonds is 6. The Labute approximate surface area is 152 Å². The third kappa shape index (κ3) is 4.84. The van der Waals surface area contributed by atoms with Crippen molar-refractivity contribution in [2.45, 2.75) is 33.1 Å². The van der Waals surface area contributed by atoms with Crippen LogP contribution in [0, 0.1) is 6.92 Å². The number of aldehydes is 1. The molecule has 2 rings (SSSR count). The van der Waals surface area contributed by atoms with Crippen molar-refractivity contribution in [3.63, 3.8) is 0 Å². The molecule has 128 valence electrons. The Morgan fingerprint density at radius 2 is 1.67 bits per heavy atom. The summed E-state index contributed by atoms with van der Waals surface area (Å²) in [5.74, 6) is 1.60. The molecule has 0 unspecified atom stereocenters. The van der Waals surface area contributed by atoms with E-state index in [9.17, 15) is 4.79 Å². The molecular weight excluding hydrogens is 368 g/mol. The van der Waals surface area contributed by atoms with Crippen LogP contribution in [0.5, 0.6) is 11.5 Å². The Balaban J connectivity index is 1.98. The lowest BCUT2D eigenvalue weighted by Gasteiger charge is -2.23. The van der Waals surface area contributed by atoms with Crippen molar-refractivity contribution in [2.75, 3.05) is 13.2 Å². The van der Waals surface area contributed by atoms with Gasteiger partial charge in [0.1, 0.15) is 31.0 Å². The minimum Gasteiger partial charge on any atom is -0.490 e. The monoisotopic (exact) mass is 390 g/mol. The summed E-state index contributed by atoms with van der Waals surface area (Å²) >= 11 is 3.41. The quantitative estimate of drug-likeness (QED) is 0.494. The number of hydrogen-bond donors (Lipinski definition) is 0. The molecule has 0 heterocycles. The van der Waals surface area contributed by atoms with E-state index >= 15 is 0 Å². The molecule has 0 N–H and O–H groups in total. The number of benzene rings is 2. The molecule has 4 heteroatoms. The predicted octanol–water partition coefficient (Wildman–Crippen LogP) is 5.33. The van der Waals surface area contributed by atoms with Gasteiger partial charge >= 0.3 is 0 Å². The lowest BCUT2D eigenvalue weighted by atomic mass is 9.86. The highest BCUT2D eigenvalue weighted by atomic mass is 79.9. The van der Waals surface area contributed by atoms with Crippen molar-refractivity contribution in [3.8, 4) is 11.5 Å². The van der Waals surface area contributed by atoms with Crippen molar-refractivity contribution in [1.82, 2.24) is 0 Å². The maximum atomic E-state index is 10.7. The Hall–Kier alpha value is -1.81. The van der Waals surface area contributed by atoms with Gasteiger partial charge in [-0.15, -0.1) is 0 Å². The molecule has 2 aromatic rings. The van der Waals surface area contributed by atoms with Crippen LogP contribution >= 0.6 is 15.9 Å². The van der Waals surface area contributed by atoms with Crippen molar-refractivity contribution >= 4 is 22.2 Å². The molecule has 0 aromatic heterocycles. The zero-order valence-electron chi connectivity index (χ0n) is 14.6. The number of carbonyl (C=O) groups is 1. The van der Waals surface area contributed by atoms with Crippen LogP contribution in [0.3, 0.4) is 0 Å². The van der Waals surface area contributed by atoms with Gasteiger partial charge in [-0.05, 0) is 63.7 Å². The third-order valence-corrected chi connectivity index (χ3v) is 4.26. The zero-order valence-corrected chi connectivity index (χ0v) is 16.1. The van der Waals surface area contributed by atoms with Gasteiger partial charge in [-0.1, -0.05) is 32.9 Å². The normalized spacial score (nSPS) is 11.2. The van der Waals surface area contributed by atoms with Gasteiger partial charge in [-0.2, -0.15) is 0 Å². The number of hydrogen-bond acceptors (Lipinski definition) is 3. The van der Waals surface area contributed by atoms with E-state index in [2.05, 4.69) is 61.8 Å². The molecule has 0 aliphatic heterocycles. The number of carbonyl (C=O) groups excluding carboxylic acids is 1. The van der Waals surface area contributed by atoms with Crippen molar-refractivity contribution in [3.05, 3.63) is 57.6 Å². The minimum absolute atomic E-state index is 0.0254. The Morgan fingerprint density at radius 1 is 1.00 bits per heavy atom. The van der Waals surface area contributed by atoms with Crippen molar-refractivity contribution in [2.24, 2.45) is 0 Å². The Kier molecular flexibility index (Phi) is 6.05. The summed E-state index contributed by atoms with van der Waals surface area (Å²) in [5.41, 5.74) is 2.99. The fourth-order valence-electron chi connectivity index (χ4n) is 2.38. The van der Waals surface area contributed by atoms with Crippen molar-refractivity contribution in [1.29, 1.82) is 0 Å². The molecule has 2 aromatic carbocycles. The molecular formula is C20H23BrO3. The molecule has 0 amide bonds. The van der Waals surface area contributed by atoms with Crippen LogP contribution < -0.4 is 9.47 Å². The van der Waals surface area contributed by atoms with E-state index in [1.165, 1.54) is 11.1 Å². The van der Waals surface area contributed by atoms with Crippen LogP contribution in [0.25, 0.3) is 0 Å². The second-order valence-electron chi connectivity index (χ2n) is 6.75. The van der Waals surface area contributed by atoms with E-state index in [0.717, 1.165) is 16.5 Å². The van der Waals surface area contributed by atoms with Gasteiger partial charge in [0.25, 0.3) is 0 Å². The van der Waals surface area contributed by atoms with Gasteiger partial charge in [0, 0.05) is 5.56 Å². The predicted molar refractivity (Wildman–Crippen MR) is 100 cm³/mol. The van der Waals surface area contributed by atoms with E-state index < -0.39 is 0 Å². The van der Waals surface area contributed by atoms with E-state index in [1.54, 1.807) is 18.2 Å². The van der Waals surface area contributed by atoms with Gasteiger partial charge in [-0.25, -0.2) is 0 Å². The highest BCUT2D eigenvalue weighted by molar-refractivity contribution is 9.10. The molecule has 3 nitrogen and oxygen atoms in total. The molecule has 0 aliphatic rings. The second-order valence-corrected chi connectivity index (χ2v) is 7.61. The summed E-state index contributed by atoms with van der Waals surface area (Å²) in [6.45, 7) is 9.46. The van der Waals surface area contributed by atoms with E-state index in [4.69, 9.17) is 9.47 Å². The van der Waals surface area contributed by atoms with Gasteiger partial charge < -0.3 is 9.47 Å². The maximum Gasteiger partial charge on any atom is 0.150 e. The van der Waals surface area contributed by atoms with Gasteiger partial charge in [0.15, 0.2) is 0 Å². The van der Waals surface area contributed by atoms with Gasteiger partial charge in [-0.3, -0.25) is 4.79 Å². The van der Waals surface area contributed by atoms with Crippen LogP contribution in [0.1, 0.15) is 42.3 Å². The van der Waals surface area contributed by atoms with E-state index in [-0.39, 0.29) is 5.41 Å². The molecule has 0 spiro atoms. The summed E-state index contributed by atoms with van der Waals surface area (Å²) in [7, 11) is 0. The second kappa shape index (κ2) is 7.84. The van der Waals surface area contributed by atoms with Crippen LogP contribution in [-0.4, -0.2) is 19.5 Å². The highest BCUT2D eigenvalue weighted by Crippen LogP contribution is 2.32. The molecule has 0 bridgehead atoms. The molecule has 0 radical (unpaired) electrons. The number of halogens is 1. The van der Waals surface area contributed by atoms with Gasteiger partial charge in [0.2, 0.25) is 0 Å². The topological polar surface area (TPSA) is 35.5 Å². The minimum atomic E-state index is 0.0254. The largest absolute Gasteiger partial charge is 0.490 e. The molecule has 0 saturated carbocycles. The summed E-state index contributed by atoms with van der Waals surface area (Å²) < 4.78 is 12.4. The Morgan fingerprint density at radius 3 is 2.25 bits per heavy atom. The fourth-order valence-corrected chi connectivity index (χ4v) is 2.89. The van der Waals surface area contributed by atoms with E-state index in [0.29, 0.717) is 24.5 Å². The SMILES string of the molecule is Cc1ccc(C(C)(C)C)c(OCCOc2ccc(C=O)cc2Br)c1. The lowest BCUT2D eigenvalue weighted by Crippen LogP contribution is -2.16. The first-order valence-electron chi connectivity index (χ1n) is 7.93. The average molecular weight is 391 g/mol. The molecule has 24 heavy (non-hydrogen) atoms. The zero-order chi connectivity index (χ0) is 17.7. The number of ether oxygens (including phenoxy) is 2. The molecule has 0 atom stereocenters. The smallest absolute Gasteiger partial charge is 0.150 e. The summed E-state index contributed by atoms with van der Waals surface area (Å²) in [4.78, 5) is 10.7. The number of aryl methyl sites for hydroxylation is 1. The van der Waals surface area contributed by atoms with E-state index in [1.807, 2.05) is 0 Å². The summed E-state index contributed by atoms with van der Waals surface area (Å²) in [5, 5.41) is 0. The van der Waals surface area contributed by atoms with Crippen LogP contribution in [0.15, 0.2) is 40.9 Å². The third-order valence-electron chi connectivity index (χ3n) is 3.64. The molecule has 0 saturated heterocycles. The lowest BCUT2D eigenvalue weighted by molar-refractivity contribution is 0.112.